The fraction of sp³-hybridized carbons (Fsp3) is 0.176. The summed E-state index contributed by atoms with van der Waals surface area (Å²) in [6.07, 6.45) is 0. The van der Waals surface area contributed by atoms with E-state index >= 15 is 0 Å². The molecule has 1 amide bonds. The van der Waals surface area contributed by atoms with Crippen molar-refractivity contribution in [3.63, 3.8) is 0 Å². The largest absolute Gasteiger partial charge is 0.325 e. The van der Waals surface area contributed by atoms with Crippen molar-refractivity contribution in [2.75, 3.05) is 11.1 Å². The quantitative estimate of drug-likeness (QED) is 0.429. The van der Waals surface area contributed by atoms with Crippen LogP contribution >= 0.6 is 11.8 Å². The van der Waals surface area contributed by atoms with E-state index in [1.165, 1.54) is 17.8 Å². The van der Waals surface area contributed by atoms with Crippen molar-refractivity contribution in [3.8, 4) is 0 Å². The molecule has 0 bridgehead atoms. The van der Waals surface area contributed by atoms with E-state index < -0.39 is 4.92 Å². The van der Waals surface area contributed by atoms with Gasteiger partial charge >= 0.3 is 0 Å². The molecule has 128 valence electrons. The minimum absolute atomic E-state index is 0.0131. The number of nitrogens with zero attached hydrogens (tertiary/aromatic N) is 3. The summed E-state index contributed by atoms with van der Waals surface area (Å²) in [6, 6.07) is 12.4. The molecule has 2 aromatic carbocycles. The Kier molecular flexibility index (Phi) is 4.71. The van der Waals surface area contributed by atoms with Crippen LogP contribution in [-0.4, -0.2) is 26.1 Å². The van der Waals surface area contributed by atoms with E-state index in [1.54, 1.807) is 19.1 Å². The highest BCUT2D eigenvalue weighted by molar-refractivity contribution is 7.99. The molecule has 1 N–H and O–H groups in total. The van der Waals surface area contributed by atoms with Crippen LogP contribution in [0.4, 0.5) is 11.4 Å². The fourth-order valence-electron chi connectivity index (χ4n) is 2.46. The number of imidazole rings is 1. The third-order valence-corrected chi connectivity index (χ3v) is 4.80. The van der Waals surface area contributed by atoms with E-state index in [2.05, 4.69) is 10.3 Å². The highest BCUT2D eigenvalue weighted by Crippen LogP contribution is 2.24. The van der Waals surface area contributed by atoms with Crippen LogP contribution in [0.5, 0.6) is 0 Å². The first-order valence-corrected chi connectivity index (χ1v) is 8.53. The molecule has 0 aliphatic heterocycles. The van der Waals surface area contributed by atoms with Crippen molar-refractivity contribution in [2.24, 2.45) is 7.05 Å². The van der Waals surface area contributed by atoms with Gasteiger partial charge in [0, 0.05) is 24.4 Å². The standard InChI is InChI=1S/C17H16N4O3S/c1-11-7-8-12(9-15(11)21(23)24)18-16(22)10-25-17-19-13-5-3-4-6-14(13)20(17)2/h3-9H,10H2,1-2H3,(H,18,22). The highest BCUT2D eigenvalue weighted by atomic mass is 32.2. The molecule has 1 heterocycles. The summed E-state index contributed by atoms with van der Waals surface area (Å²) in [5, 5.41) is 14.4. The molecule has 0 aliphatic rings. The average Bonchev–Trinajstić information content (AvgIpc) is 2.91. The van der Waals surface area contributed by atoms with E-state index in [1.807, 2.05) is 35.9 Å². The Morgan fingerprint density at radius 3 is 2.80 bits per heavy atom. The van der Waals surface area contributed by atoms with E-state index in [-0.39, 0.29) is 17.3 Å². The summed E-state index contributed by atoms with van der Waals surface area (Å²) < 4.78 is 1.93. The van der Waals surface area contributed by atoms with Crippen LogP contribution < -0.4 is 5.32 Å². The Bertz CT molecular complexity index is 968. The Labute approximate surface area is 148 Å². The zero-order valence-corrected chi connectivity index (χ0v) is 14.5. The Morgan fingerprint density at radius 1 is 1.32 bits per heavy atom. The van der Waals surface area contributed by atoms with E-state index in [4.69, 9.17) is 0 Å². The summed E-state index contributed by atoms with van der Waals surface area (Å²) in [5.41, 5.74) is 2.83. The second-order valence-corrected chi connectivity index (χ2v) is 6.48. The number of aromatic nitrogens is 2. The molecule has 8 heteroatoms. The Hall–Kier alpha value is -2.87. The average molecular weight is 356 g/mol. The summed E-state index contributed by atoms with van der Waals surface area (Å²) in [4.78, 5) is 27.1. The number of nitrogens with one attached hydrogen (secondary N) is 1. The maximum absolute atomic E-state index is 12.1. The van der Waals surface area contributed by atoms with Gasteiger partial charge in [0.15, 0.2) is 5.16 Å². The maximum Gasteiger partial charge on any atom is 0.274 e. The Balaban J connectivity index is 1.67. The molecule has 0 saturated carbocycles. The van der Waals surface area contributed by atoms with Crippen molar-refractivity contribution in [2.45, 2.75) is 12.1 Å². The summed E-state index contributed by atoms with van der Waals surface area (Å²) in [5.74, 6) is -0.0750. The second kappa shape index (κ2) is 6.94. The Morgan fingerprint density at radius 2 is 2.08 bits per heavy atom. The van der Waals surface area contributed by atoms with Crippen LogP contribution in [0.15, 0.2) is 47.6 Å². The fourth-order valence-corrected chi connectivity index (χ4v) is 3.25. The van der Waals surface area contributed by atoms with Gasteiger partial charge in [-0.1, -0.05) is 30.0 Å². The lowest BCUT2D eigenvalue weighted by Gasteiger charge is -2.06. The number of nitro benzene ring substituents is 1. The van der Waals surface area contributed by atoms with Gasteiger partial charge in [-0.3, -0.25) is 14.9 Å². The minimum atomic E-state index is -0.459. The number of thioether (sulfide) groups is 1. The number of amides is 1. The number of anilines is 1. The number of carbonyl (C=O) groups is 1. The second-order valence-electron chi connectivity index (χ2n) is 5.54. The predicted molar refractivity (Wildman–Crippen MR) is 97.9 cm³/mol. The number of aryl methyl sites for hydroxylation is 2. The van der Waals surface area contributed by atoms with E-state index in [0.29, 0.717) is 11.3 Å². The van der Waals surface area contributed by atoms with Crippen molar-refractivity contribution >= 4 is 40.1 Å². The third kappa shape index (κ3) is 3.63. The molecule has 0 spiro atoms. The zero-order chi connectivity index (χ0) is 18.0. The summed E-state index contributed by atoms with van der Waals surface area (Å²) >= 11 is 1.32. The number of nitro groups is 1. The van der Waals surface area contributed by atoms with Crippen LogP contribution in [0.1, 0.15) is 5.56 Å². The third-order valence-electron chi connectivity index (χ3n) is 3.77. The number of carbonyl (C=O) groups excluding carboxylic acids is 1. The first-order chi connectivity index (χ1) is 12.0. The molecule has 0 atom stereocenters. The van der Waals surface area contributed by atoms with Crippen LogP contribution in [0, 0.1) is 17.0 Å². The molecule has 3 aromatic rings. The normalized spacial score (nSPS) is 10.8. The molecule has 1 aromatic heterocycles. The highest BCUT2D eigenvalue weighted by Gasteiger charge is 2.14. The molecular formula is C17H16N4O3S. The molecular weight excluding hydrogens is 340 g/mol. The van der Waals surface area contributed by atoms with Crippen molar-refractivity contribution in [1.82, 2.24) is 9.55 Å². The number of benzene rings is 2. The SMILES string of the molecule is Cc1ccc(NC(=O)CSc2nc3ccccc3n2C)cc1[N+](=O)[O-]. The van der Waals surface area contributed by atoms with Crippen molar-refractivity contribution in [1.29, 1.82) is 0 Å². The van der Waals surface area contributed by atoms with Crippen LogP contribution in [0.25, 0.3) is 11.0 Å². The summed E-state index contributed by atoms with van der Waals surface area (Å²) in [7, 11) is 1.90. The van der Waals surface area contributed by atoms with E-state index in [9.17, 15) is 14.9 Å². The molecule has 0 fully saturated rings. The predicted octanol–water partition coefficient (Wildman–Crippen LogP) is 3.52. The van der Waals surface area contributed by atoms with Crippen molar-refractivity contribution in [3.05, 3.63) is 58.1 Å². The van der Waals surface area contributed by atoms with Gasteiger partial charge in [0.05, 0.1) is 21.7 Å². The maximum atomic E-state index is 12.1. The van der Waals surface area contributed by atoms with Gasteiger partial charge in [-0.2, -0.15) is 0 Å². The van der Waals surface area contributed by atoms with Gasteiger partial charge in [-0.25, -0.2) is 4.98 Å². The number of hydrogen-bond acceptors (Lipinski definition) is 5. The lowest BCUT2D eigenvalue weighted by molar-refractivity contribution is -0.385. The number of rotatable bonds is 5. The van der Waals surface area contributed by atoms with Crippen LogP contribution in [0.3, 0.4) is 0 Å². The lowest BCUT2D eigenvalue weighted by Crippen LogP contribution is -2.14. The first-order valence-electron chi connectivity index (χ1n) is 7.55. The number of fused-ring (bicyclic) bond motifs is 1. The van der Waals surface area contributed by atoms with E-state index in [0.717, 1.165) is 16.2 Å². The molecule has 0 radical (unpaired) electrons. The summed E-state index contributed by atoms with van der Waals surface area (Å²) in [6.45, 7) is 1.66. The van der Waals surface area contributed by atoms with Gasteiger partial charge in [-0.05, 0) is 25.1 Å². The van der Waals surface area contributed by atoms with Crippen LogP contribution in [0.2, 0.25) is 0 Å². The monoisotopic (exact) mass is 356 g/mol. The minimum Gasteiger partial charge on any atom is -0.325 e. The number of hydrogen-bond donors (Lipinski definition) is 1. The molecule has 7 nitrogen and oxygen atoms in total. The van der Waals surface area contributed by atoms with Gasteiger partial charge in [-0.15, -0.1) is 0 Å². The molecule has 0 unspecified atom stereocenters. The van der Waals surface area contributed by atoms with Gasteiger partial charge in [0.1, 0.15) is 0 Å². The smallest absolute Gasteiger partial charge is 0.274 e. The van der Waals surface area contributed by atoms with Gasteiger partial charge in [0.25, 0.3) is 5.69 Å². The first kappa shape index (κ1) is 17.0. The molecule has 25 heavy (non-hydrogen) atoms. The van der Waals surface area contributed by atoms with Crippen molar-refractivity contribution < 1.29 is 9.72 Å². The van der Waals surface area contributed by atoms with Gasteiger partial charge in [0.2, 0.25) is 5.91 Å². The topological polar surface area (TPSA) is 90.1 Å². The zero-order valence-electron chi connectivity index (χ0n) is 13.7. The molecule has 3 rings (SSSR count). The molecule has 0 aliphatic carbocycles. The number of para-hydroxylation sites is 2. The van der Waals surface area contributed by atoms with Crippen LogP contribution in [-0.2, 0) is 11.8 Å². The van der Waals surface area contributed by atoms with Gasteiger partial charge < -0.3 is 9.88 Å². The lowest BCUT2D eigenvalue weighted by atomic mass is 10.2. The molecule has 0 saturated heterocycles.